The molecule has 0 saturated carbocycles. The van der Waals surface area contributed by atoms with Crippen molar-refractivity contribution in [3.8, 4) is 0 Å². The van der Waals surface area contributed by atoms with Gasteiger partial charge in [0.15, 0.2) is 5.65 Å². The molecule has 2 N–H and O–H groups in total. The summed E-state index contributed by atoms with van der Waals surface area (Å²) in [6, 6.07) is 1.94. The Balaban J connectivity index is 2.16. The van der Waals surface area contributed by atoms with Crippen molar-refractivity contribution in [2.24, 2.45) is 7.05 Å². The van der Waals surface area contributed by atoms with Crippen LogP contribution in [0.3, 0.4) is 0 Å². The quantitative estimate of drug-likeness (QED) is 0.769. The van der Waals surface area contributed by atoms with Gasteiger partial charge in [-0.25, -0.2) is 9.97 Å². The van der Waals surface area contributed by atoms with Gasteiger partial charge in [0.2, 0.25) is 5.95 Å². The van der Waals surface area contributed by atoms with Crippen LogP contribution in [0.1, 0.15) is 22.5 Å². The Kier molecular flexibility index (Phi) is 2.74. The number of nitrogens with zero attached hydrogens (tertiary/aromatic N) is 5. The van der Waals surface area contributed by atoms with E-state index >= 15 is 0 Å². The van der Waals surface area contributed by atoms with E-state index in [0.717, 1.165) is 28.1 Å². The van der Waals surface area contributed by atoms with Crippen LogP contribution in [0.5, 0.6) is 0 Å². The zero-order valence-electron chi connectivity index (χ0n) is 12.2. The first kappa shape index (κ1) is 12.7. The van der Waals surface area contributed by atoms with Crippen LogP contribution in [0.25, 0.3) is 11.2 Å². The molecule has 0 aliphatic rings. The van der Waals surface area contributed by atoms with Crippen LogP contribution in [-0.4, -0.2) is 24.3 Å². The van der Waals surface area contributed by atoms with Crippen LogP contribution in [0.15, 0.2) is 12.3 Å². The van der Waals surface area contributed by atoms with Crippen molar-refractivity contribution in [1.29, 1.82) is 0 Å². The van der Waals surface area contributed by atoms with E-state index in [1.807, 2.05) is 36.2 Å². The summed E-state index contributed by atoms with van der Waals surface area (Å²) < 4.78 is 3.83. The third-order valence-corrected chi connectivity index (χ3v) is 3.84. The van der Waals surface area contributed by atoms with E-state index in [1.54, 1.807) is 6.20 Å². The van der Waals surface area contributed by atoms with Crippen LogP contribution in [0.2, 0.25) is 0 Å². The van der Waals surface area contributed by atoms with Gasteiger partial charge < -0.3 is 5.73 Å². The van der Waals surface area contributed by atoms with Gasteiger partial charge in [0, 0.05) is 24.5 Å². The third-order valence-electron chi connectivity index (χ3n) is 3.84. The van der Waals surface area contributed by atoms with Gasteiger partial charge in [0.1, 0.15) is 5.52 Å². The van der Waals surface area contributed by atoms with Gasteiger partial charge in [-0.2, -0.15) is 5.10 Å². The van der Waals surface area contributed by atoms with E-state index in [0.29, 0.717) is 12.5 Å². The lowest BCUT2D eigenvalue weighted by atomic mass is 10.2. The summed E-state index contributed by atoms with van der Waals surface area (Å²) in [5.74, 6) is 0.490. The lowest BCUT2D eigenvalue weighted by Gasteiger charge is -2.06. The number of hydrogen-bond donors (Lipinski definition) is 1. The monoisotopic (exact) mass is 270 g/mol. The Morgan fingerprint density at radius 1 is 1.25 bits per heavy atom. The fraction of sp³-hybridized carbons (Fsp3) is 0.357. The minimum atomic E-state index is 0.490. The Labute approximate surface area is 117 Å². The van der Waals surface area contributed by atoms with E-state index in [-0.39, 0.29) is 0 Å². The second-order valence-electron chi connectivity index (χ2n) is 5.13. The molecule has 6 heteroatoms. The lowest BCUT2D eigenvalue weighted by Crippen LogP contribution is -2.07. The Hall–Kier alpha value is -2.37. The third kappa shape index (κ3) is 1.76. The summed E-state index contributed by atoms with van der Waals surface area (Å²) in [6.45, 7) is 6.73. The van der Waals surface area contributed by atoms with Crippen molar-refractivity contribution < 1.29 is 0 Å². The highest BCUT2D eigenvalue weighted by atomic mass is 15.3. The number of hydrogen-bond acceptors (Lipinski definition) is 4. The number of nitrogen functional groups attached to an aromatic ring is 1. The molecule has 0 aliphatic carbocycles. The standard InChI is InChI=1S/C14H18N6/c1-8-5-6-16-13-12(8)17-14(15)20(13)7-11-9(2)18-19(4)10(11)3/h5-6H,7H2,1-4H3,(H2,15,17). The number of anilines is 1. The molecule has 0 saturated heterocycles. The fourth-order valence-electron chi connectivity index (χ4n) is 2.52. The Morgan fingerprint density at radius 3 is 2.65 bits per heavy atom. The van der Waals surface area contributed by atoms with E-state index in [2.05, 4.69) is 22.0 Å². The van der Waals surface area contributed by atoms with Crippen LogP contribution in [0, 0.1) is 20.8 Å². The minimum absolute atomic E-state index is 0.490. The molecule has 3 rings (SSSR count). The fourth-order valence-corrected chi connectivity index (χ4v) is 2.52. The van der Waals surface area contributed by atoms with Crippen LogP contribution in [0.4, 0.5) is 5.95 Å². The number of pyridine rings is 1. The molecule has 104 valence electrons. The van der Waals surface area contributed by atoms with Crippen LogP contribution < -0.4 is 5.73 Å². The number of rotatable bonds is 2. The molecule has 0 bridgehead atoms. The molecule has 0 radical (unpaired) electrons. The number of aromatic nitrogens is 5. The Bertz CT molecular complexity index is 796. The predicted octanol–water partition coefficient (Wildman–Crippen LogP) is 1.72. The molecular formula is C14H18N6. The summed E-state index contributed by atoms with van der Waals surface area (Å²) in [7, 11) is 1.95. The number of aryl methyl sites for hydroxylation is 3. The van der Waals surface area contributed by atoms with Crippen molar-refractivity contribution in [1.82, 2.24) is 24.3 Å². The summed E-state index contributed by atoms with van der Waals surface area (Å²) >= 11 is 0. The van der Waals surface area contributed by atoms with Crippen molar-refractivity contribution in [2.45, 2.75) is 27.3 Å². The molecule has 3 aromatic rings. The zero-order valence-corrected chi connectivity index (χ0v) is 12.2. The van der Waals surface area contributed by atoms with Crippen molar-refractivity contribution in [2.75, 3.05) is 5.73 Å². The smallest absolute Gasteiger partial charge is 0.202 e. The highest BCUT2D eigenvalue weighted by Gasteiger charge is 2.15. The van der Waals surface area contributed by atoms with Gasteiger partial charge in [0.25, 0.3) is 0 Å². The molecule has 3 heterocycles. The normalized spacial score (nSPS) is 11.4. The van der Waals surface area contributed by atoms with E-state index < -0.39 is 0 Å². The van der Waals surface area contributed by atoms with Gasteiger partial charge in [0.05, 0.1) is 12.2 Å². The van der Waals surface area contributed by atoms with Crippen LogP contribution in [-0.2, 0) is 13.6 Å². The summed E-state index contributed by atoms with van der Waals surface area (Å²) in [6.07, 6.45) is 1.79. The van der Waals surface area contributed by atoms with Gasteiger partial charge >= 0.3 is 0 Å². The number of nitrogens with two attached hydrogens (primary N) is 1. The minimum Gasteiger partial charge on any atom is -0.369 e. The first-order valence-electron chi connectivity index (χ1n) is 6.55. The maximum Gasteiger partial charge on any atom is 0.202 e. The molecule has 0 unspecified atom stereocenters. The zero-order chi connectivity index (χ0) is 14.4. The average Bonchev–Trinajstić information content (AvgIpc) is 2.84. The molecule has 6 nitrogen and oxygen atoms in total. The van der Waals surface area contributed by atoms with Gasteiger partial charge in [-0.3, -0.25) is 9.25 Å². The maximum atomic E-state index is 6.06. The highest BCUT2D eigenvalue weighted by Crippen LogP contribution is 2.22. The molecule has 0 fully saturated rings. The molecule has 0 amide bonds. The first-order chi connectivity index (χ1) is 9.49. The Morgan fingerprint density at radius 2 is 2.00 bits per heavy atom. The van der Waals surface area contributed by atoms with Crippen molar-refractivity contribution >= 4 is 17.1 Å². The average molecular weight is 270 g/mol. The molecule has 3 aromatic heterocycles. The SMILES string of the molecule is Cc1nn(C)c(C)c1Cn1c(N)nc2c(C)ccnc21. The highest BCUT2D eigenvalue weighted by molar-refractivity contribution is 5.77. The molecule has 0 aliphatic heterocycles. The second kappa shape index (κ2) is 4.33. The topological polar surface area (TPSA) is 74.5 Å². The molecule has 0 spiro atoms. The second-order valence-corrected chi connectivity index (χ2v) is 5.13. The van der Waals surface area contributed by atoms with Crippen molar-refractivity contribution in [3.05, 3.63) is 34.8 Å². The van der Waals surface area contributed by atoms with E-state index in [9.17, 15) is 0 Å². The predicted molar refractivity (Wildman–Crippen MR) is 78.5 cm³/mol. The molecular weight excluding hydrogens is 252 g/mol. The van der Waals surface area contributed by atoms with E-state index in [4.69, 9.17) is 5.73 Å². The van der Waals surface area contributed by atoms with E-state index in [1.165, 1.54) is 5.56 Å². The first-order valence-corrected chi connectivity index (χ1v) is 6.55. The van der Waals surface area contributed by atoms with Gasteiger partial charge in [-0.05, 0) is 32.4 Å². The molecule has 20 heavy (non-hydrogen) atoms. The molecule has 0 aromatic carbocycles. The summed E-state index contributed by atoms with van der Waals surface area (Å²) in [5.41, 5.74) is 12.2. The lowest BCUT2D eigenvalue weighted by molar-refractivity contribution is 0.728. The largest absolute Gasteiger partial charge is 0.369 e. The van der Waals surface area contributed by atoms with Gasteiger partial charge in [-0.15, -0.1) is 0 Å². The van der Waals surface area contributed by atoms with Crippen LogP contribution >= 0.6 is 0 Å². The number of fused-ring (bicyclic) bond motifs is 1. The number of imidazole rings is 1. The van der Waals surface area contributed by atoms with Gasteiger partial charge in [-0.1, -0.05) is 0 Å². The maximum absolute atomic E-state index is 6.06. The summed E-state index contributed by atoms with van der Waals surface area (Å²) in [5, 5.41) is 4.44. The van der Waals surface area contributed by atoms with Crippen molar-refractivity contribution in [3.63, 3.8) is 0 Å². The molecule has 0 atom stereocenters. The summed E-state index contributed by atoms with van der Waals surface area (Å²) in [4.78, 5) is 8.84.